The van der Waals surface area contributed by atoms with Gasteiger partial charge in [0.15, 0.2) is 0 Å². The Balaban J connectivity index is 2.00. The first-order valence-corrected chi connectivity index (χ1v) is 7.25. The van der Waals surface area contributed by atoms with E-state index in [1.54, 1.807) is 0 Å². The third-order valence-electron chi connectivity index (χ3n) is 3.87. The Morgan fingerprint density at radius 1 is 1.35 bits per heavy atom. The summed E-state index contributed by atoms with van der Waals surface area (Å²) in [6, 6.07) is 7.81. The van der Waals surface area contributed by atoms with Gasteiger partial charge in [-0.15, -0.1) is 0 Å². The highest BCUT2D eigenvalue weighted by atomic mass is 16.3. The van der Waals surface area contributed by atoms with Crippen molar-refractivity contribution in [3.8, 4) is 0 Å². The Morgan fingerprint density at radius 3 is 2.65 bits per heavy atom. The van der Waals surface area contributed by atoms with Crippen molar-refractivity contribution in [2.45, 2.75) is 44.8 Å². The molecule has 1 aliphatic carbocycles. The van der Waals surface area contributed by atoms with E-state index in [0.29, 0.717) is 6.54 Å². The highest BCUT2D eigenvalue weighted by Gasteiger charge is 2.32. The summed E-state index contributed by atoms with van der Waals surface area (Å²) < 4.78 is 0. The van der Waals surface area contributed by atoms with Crippen molar-refractivity contribution in [3.63, 3.8) is 0 Å². The van der Waals surface area contributed by atoms with E-state index in [2.05, 4.69) is 10.2 Å². The van der Waals surface area contributed by atoms with Gasteiger partial charge in [0.05, 0.1) is 5.60 Å². The zero-order valence-electron chi connectivity index (χ0n) is 12.4. The van der Waals surface area contributed by atoms with E-state index in [4.69, 9.17) is 0 Å². The maximum atomic E-state index is 11.2. The first-order valence-electron chi connectivity index (χ1n) is 7.25. The number of nitrogens with one attached hydrogen (secondary N) is 1. The Kier molecular flexibility index (Phi) is 4.78. The number of benzene rings is 1. The van der Waals surface area contributed by atoms with Gasteiger partial charge in [0.1, 0.15) is 0 Å². The average Bonchev–Trinajstić information content (AvgIpc) is 2.77. The van der Waals surface area contributed by atoms with Crippen LogP contribution in [0.15, 0.2) is 24.3 Å². The number of rotatable bonds is 5. The molecule has 0 heterocycles. The second kappa shape index (κ2) is 6.37. The molecule has 1 fully saturated rings. The molecule has 0 bridgehead atoms. The van der Waals surface area contributed by atoms with Gasteiger partial charge in [-0.25, -0.2) is 0 Å². The van der Waals surface area contributed by atoms with E-state index in [9.17, 15) is 9.90 Å². The van der Waals surface area contributed by atoms with Gasteiger partial charge in [0, 0.05) is 25.7 Å². The number of hydrogen-bond donors (Lipinski definition) is 2. The summed E-state index contributed by atoms with van der Waals surface area (Å²) in [5.74, 6) is -0.0606. The second-order valence-corrected chi connectivity index (χ2v) is 5.94. The molecule has 0 radical (unpaired) electrons. The fourth-order valence-corrected chi connectivity index (χ4v) is 3.01. The van der Waals surface area contributed by atoms with Gasteiger partial charge < -0.3 is 10.4 Å². The quantitative estimate of drug-likeness (QED) is 0.868. The summed E-state index contributed by atoms with van der Waals surface area (Å²) in [5.41, 5.74) is 1.40. The molecule has 20 heavy (non-hydrogen) atoms. The minimum Gasteiger partial charge on any atom is -0.389 e. The second-order valence-electron chi connectivity index (χ2n) is 5.94. The lowest BCUT2D eigenvalue weighted by atomic mass is 10.0. The fraction of sp³-hybridized carbons (Fsp3) is 0.562. The van der Waals surface area contributed by atoms with Crippen LogP contribution in [0, 0.1) is 0 Å². The minimum absolute atomic E-state index is 0.0606. The molecule has 0 saturated heterocycles. The van der Waals surface area contributed by atoms with Crippen LogP contribution in [0.4, 0.5) is 5.69 Å². The number of amides is 1. The maximum Gasteiger partial charge on any atom is 0.221 e. The van der Waals surface area contributed by atoms with E-state index in [-0.39, 0.29) is 5.91 Å². The molecule has 2 rings (SSSR count). The number of hydrogen-bond acceptors (Lipinski definition) is 3. The molecule has 2 N–H and O–H groups in total. The minimum atomic E-state index is -0.530. The van der Waals surface area contributed by atoms with Gasteiger partial charge in [-0.05, 0) is 31.5 Å². The molecule has 1 aliphatic rings. The molecule has 110 valence electrons. The Hall–Kier alpha value is -1.39. The number of carbonyl (C=O) groups excluding carboxylic acids is 1. The van der Waals surface area contributed by atoms with Crippen LogP contribution < -0.4 is 5.32 Å². The first kappa shape index (κ1) is 15.0. The van der Waals surface area contributed by atoms with Crippen LogP contribution in [0.2, 0.25) is 0 Å². The van der Waals surface area contributed by atoms with Crippen molar-refractivity contribution < 1.29 is 9.90 Å². The number of nitrogens with zero attached hydrogens (tertiary/aromatic N) is 1. The number of likely N-dealkylation sites (N-methyl/N-ethyl adjacent to an activating group) is 1. The molecular weight excluding hydrogens is 252 g/mol. The smallest absolute Gasteiger partial charge is 0.221 e. The number of aliphatic hydroxyl groups is 1. The van der Waals surface area contributed by atoms with E-state index in [1.165, 1.54) is 6.92 Å². The van der Waals surface area contributed by atoms with Gasteiger partial charge in [0.2, 0.25) is 5.91 Å². The average molecular weight is 276 g/mol. The maximum absolute atomic E-state index is 11.2. The summed E-state index contributed by atoms with van der Waals surface area (Å²) in [6.45, 7) is 2.92. The highest BCUT2D eigenvalue weighted by molar-refractivity contribution is 5.89. The highest BCUT2D eigenvalue weighted by Crippen LogP contribution is 2.30. The molecular formula is C16H24N2O2. The van der Waals surface area contributed by atoms with E-state index in [0.717, 1.165) is 43.5 Å². The Morgan fingerprint density at radius 2 is 2.00 bits per heavy atom. The predicted octanol–water partition coefficient (Wildman–Crippen LogP) is 2.38. The topological polar surface area (TPSA) is 52.6 Å². The SMILES string of the molecule is CC(=O)Nc1ccccc1CN(C)CC1(O)CCCC1. The van der Waals surface area contributed by atoms with E-state index >= 15 is 0 Å². The molecule has 1 aromatic rings. The van der Waals surface area contributed by atoms with Crippen molar-refractivity contribution >= 4 is 11.6 Å². The zero-order chi connectivity index (χ0) is 14.6. The van der Waals surface area contributed by atoms with Crippen LogP contribution >= 0.6 is 0 Å². The molecule has 0 atom stereocenters. The molecule has 0 aliphatic heterocycles. The van der Waals surface area contributed by atoms with Crippen LogP contribution in [0.3, 0.4) is 0 Å². The van der Waals surface area contributed by atoms with Crippen LogP contribution in [0.5, 0.6) is 0 Å². The summed E-state index contributed by atoms with van der Waals surface area (Å²) >= 11 is 0. The van der Waals surface area contributed by atoms with Gasteiger partial charge in [-0.1, -0.05) is 31.0 Å². The summed E-state index contributed by atoms with van der Waals surface area (Å²) in [5, 5.41) is 13.3. The lowest BCUT2D eigenvalue weighted by Crippen LogP contribution is -2.38. The zero-order valence-corrected chi connectivity index (χ0v) is 12.4. The van der Waals surface area contributed by atoms with Crippen molar-refractivity contribution in [1.82, 2.24) is 4.90 Å². The largest absolute Gasteiger partial charge is 0.389 e. The molecule has 1 amide bonds. The van der Waals surface area contributed by atoms with Crippen molar-refractivity contribution in [2.24, 2.45) is 0 Å². The van der Waals surface area contributed by atoms with Gasteiger partial charge in [-0.2, -0.15) is 0 Å². The van der Waals surface area contributed by atoms with Crippen LogP contribution in [0.25, 0.3) is 0 Å². The van der Waals surface area contributed by atoms with Gasteiger partial charge in [-0.3, -0.25) is 9.69 Å². The monoisotopic (exact) mass is 276 g/mol. The summed E-state index contributed by atoms with van der Waals surface area (Å²) in [4.78, 5) is 13.3. The number of para-hydroxylation sites is 1. The van der Waals surface area contributed by atoms with Crippen molar-refractivity contribution in [2.75, 3.05) is 18.9 Å². The molecule has 1 saturated carbocycles. The Bertz CT molecular complexity index is 467. The van der Waals surface area contributed by atoms with Crippen molar-refractivity contribution in [1.29, 1.82) is 0 Å². The summed E-state index contributed by atoms with van der Waals surface area (Å²) in [7, 11) is 2.01. The van der Waals surface area contributed by atoms with E-state index < -0.39 is 5.60 Å². The molecule has 4 heteroatoms. The van der Waals surface area contributed by atoms with Crippen LogP contribution in [0.1, 0.15) is 38.2 Å². The molecule has 4 nitrogen and oxygen atoms in total. The molecule has 0 spiro atoms. The van der Waals surface area contributed by atoms with Gasteiger partial charge >= 0.3 is 0 Å². The van der Waals surface area contributed by atoms with Crippen LogP contribution in [-0.2, 0) is 11.3 Å². The first-order chi connectivity index (χ1) is 9.48. The summed E-state index contributed by atoms with van der Waals surface area (Å²) in [6.07, 6.45) is 4.02. The van der Waals surface area contributed by atoms with Gasteiger partial charge in [0.25, 0.3) is 0 Å². The Labute approximate surface area is 120 Å². The van der Waals surface area contributed by atoms with Crippen LogP contribution in [-0.4, -0.2) is 35.1 Å². The lowest BCUT2D eigenvalue weighted by molar-refractivity contribution is -0.114. The molecule has 0 unspecified atom stereocenters. The number of anilines is 1. The standard InChI is InChI=1S/C16H24N2O2/c1-13(19)17-15-8-4-3-7-14(15)11-18(2)12-16(20)9-5-6-10-16/h3-4,7-8,20H,5-6,9-12H2,1-2H3,(H,17,19). The predicted molar refractivity (Wildman–Crippen MR) is 80.5 cm³/mol. The molecule has 0 aromatic heterocycles. The molecule has 1 aromatic carbocycles. The van der Waals surface area contributed by atoms with E-state index in [1.807, 2.05) is 31.3 Å². The third-order valence-corrected chi connectivity index (χ3v) is 3.87. The lowest BCUT2D eigenvalue weighted by Gasteiger charge is -2.29. The normalized spacial score (nSPS) is 17.4. The van der Waals surface area contributed by atoms with Crippen molar-refractivity contribution in [3.05, 3.63) is 29.8 Å². The number of carbonyl (C=O) groups is 1. The fourth-order valence-electron chi connectivity index (χ4n) is 3.01. The third kappa shape index (κ3) is 4.05.